The summed E-state index contributed by atoms with van der Waals surface area (Å²) >= 11 is 6.08. The Labute approximate surface area is 104 Å². The normalized spacial score (nSPS) is 10.8. The highest BCUT2D eigenvalue weighted by Crippen LogP contribution is 2.20. The average molecular weight is 253 g/mol. The molecule has 0 N–H and O–H groups in total. The van der Waals surface area contributed by atoms with Crippen molar-refractivity contribution in [3.8, 4) is 0 Å². The molecule has 0 spiro atoms. The van der Waals surface area contributed by atoms with Crippen LogP contribution in [0, 0.1) is 6.92 Å². The van der Waals surface area contributed by atoms with E-state index in [1.54, 1.807) is 35.7 Å². The lowest BCUT2D eigenvalue weighted by molar-refractivity contribution is 0.0980. The van der Waals surface area contributed by atoms with Crippen LogP contribution in [0.5, 0.6) is 0 Å². The van der Waals surface area contributed by atoms with Crippen LogP contribution in [0.4, 0.5) is 0 Å². The minimum absolute atomic E-state index is 0.0597. The first-order valence-corrected chi connectivity index (χ1v) is 5.57. The third kappa shape index (κ3) is 2.10. The molecule has 2 aromatic heterocycles. The number of hydrogen-bond donors (Lipinski definition) is 0. The van der Waals surface area contributed by atoms with Crippen LogP contribution in [0.15, 0.2) is 12.4 Å². The summed E-state index contributed by atoms with van der Waals surface area (Å²) in [6.07, 6.45) is 3.57. The van der Waals surface area contributed by atoms with E-state index in [0.29, 0.717) is 11.0 Å². The molecule has 0 aliphatic heterocycles. The predicted molar refractivity (Wildman–Crippen MR) is 64.2 cm³/mol. The Morgan fingerprint density at radius 3 is 2.65 bits per heavy atom. The minimum atomic E-state index is -0.0597. The van der Waals surface area contributed by atoms with Gasteiger partial charge >= 0.3 is 0 Å². The number of carbonyl (C=O) groups is 1. The van der Waals surface area contributed by atoms with Gasteiger partial charge in [0, 0.05) is 38.5 Å². The van der Waals surface area contributed by atoms with E-state index in [1.807, 2.05) is 6.92 Å². The van der Waals surface area contributed by atoms with Crippen LogP contribution in [0.1, 0.15) is 21.9 Å². The van der Waals surface area contributed by atoms with Crippen molar-refractivity contribution >= 4 is 17.4 Å². The van der Waals surface area contributed by atoms with Crippen LogP contribution < -0.4 is 0 Å². The van der Waals surface area contributed by atoms with E-state index < -0.39 is 0 Å². The van der Waals surface area contributed by atoms with E-state index in [-0.39, 0.29) is 12.2 Å². The summed E-state index contributed by atoms with van der Waals surface area (Å²) in [5.74, 6) is 0.375. The Morgan fingerprint density at radius 1 is 1.47 bits per heavy atom. The Bertz CT molecular complexity index is 570. The van der Waals surface area contributed by atoms with Crippen LogP contribution in [-0.4, -0.2) is 25.1 Å². The van der Waals surface area contributed by atoms with Gasteiger partial charge in [-0.3, -0.25) is 9.48 Å². The molecule has 6 heteroatoms. The summed E-state index contributed by atoms with van der Waals surface area (Å²) in [7, 11) is 3.54. The summed E-state index contributed by atoms with van der Waals surface area (Å²) in [5, 5.41) is 4.68. The maximum absolute atomic E-state index is 12.0. The molecule has 0 radical (unpaired) electrons. The molecular formula is C11H13ClN4O. The second-order valence-corrected chi connectivity index (χ2v) is 4.30. The minimum Gasteiger partial charge on any atom is -0.332 e. The summed E-state index contributed by atoms with van der Waals surface area (Å²) in [5.41, 5.74) is 1.54. The quantitative estimate of drug-likeness (QED) is 0.779. The van der Waals surface area contributed by atoms with Crippen LogP contribution in [-0.2, 0) is 20.5 Å². The van der Waals surface area contributed by atoms with Gasteiger partial charge in [0.25, 0.3) is 0 Å². The van der Waals surface area contributed by atoms with Crippen LogP contribution in [0.2, 0.25) is 5.15 Å². The summed E-state index contributed by atoms with van der Waals surface area (Å²) < 4.78 is 3.26. The number of halogens is 1. The van der Waals surface area contributed by atoms with Crippen molar-refractivity contribution in [1.82, 2.24) is 19.3 Å². The number of imidazole rings is 1. The zero-order valence-corrected chi connectivity index (χ0v) is 10.7. The fourth-order valence-electron chi connectivity index (χ4n) is 1.75. The van der Waals surface area contributed by atoms with Crippen molar-refractivity contribution < 1.29 is 4.79 Å². The third-order valence-electron chi connectivity index (χ3n) is 2.68. The van der Waals surface area contributed by atoms with Crippen LogP contribution >= 0.6 is 11.6 Å². The van der Waals surface area contributed by atoms with Gasteiger partial charge in [0.2, 0.25) is 5.78 Å². The molecule has 0 bridgehead atoms. The summed E-state index contributed by atoms with van der Waals surface area (Å²) in [6.45, 7) is 1.84. The molecule has 0 saturated carbocycles. The molecule has 5 nitrogen and oxygen atoms in total. The molecule has 17 heavy (non-hydrogen) atoms. The molecule has 0 saturated heterocycles. The van der Waals surface area contributed by atoms with Crippen molar-refractivity contribution in [2.45, 2.75) is 13.3 Å². The second-order valence-electron chi connectivity index (χ2n) is 3.94. The Balaban J connectivity index is 2.28. The van der Waals surface area contributed by atoms with Crippen LogP contribution in [0.3, 0.4) is 0 Å². The van der Waals surface area contributed by atoms with E-state index >= 15 is 0 Å². The summed E-state index contributed by atoms with van der Waals surface area (Å²) in [6, 6.07) is 0. The molecule has 0 fully saturated rings. The molecule has 90 valence electrons. The fraction of sp³-hybridized carbons (Fsp3) is 0.364. The van der Waals surface area contributed by atoms with Crippen molar-refractivity contribution in [3.63, 3.8) is 0 Å². The lowest BCUT2D eigenvalue weighted by atomic mass is 10.1. The molecule has 2 aromatic rings. The SMILES string of the molecule is Cc1nn(C)c(Cl)c1CC(=O)c1nccn1C. The smallest absolute Gasteiger partial charge is 0.202 e. The van der Waals surface area contributed by atoms with Gasteiger partial charge in [-0.2, -0.15) is 5.10 Å². The van der Waals surface area contributed by atoms with Gasteiger partial charge in [-0.1, -0.05) is 11.6 Å². The van der Waals surface area contributed by atoms with E-state index in [0.717, 1.165) is 11.3 Å². The molecule has 0 atom stereocenters. The average Bonchev–Trinajstić information content (AvgIpc) is 2.78. The van der Waals surface area contributed by atoms with Gasteiger partial charge in [-0.25, -0.2) is 4.98 Å². The number of carbonyl (C=O) groups excluding carboxylic acids is 1. The Kier molecular flexibility index (Phi) is 3.02. The molecular weight excluding hydrogens is 240 g/mol. The predicted octanol–water partition coefficient (Wildman–Crippen LogP) is 1.54. The molecule has 0 unspecified atom stereocenters. The monoisotopic (exact) mass is 252 g/mol. The zero-order valence-electron chi connectivity index (χ0n) is 9.94. The number of Topliss-reactive ketones (excluding diaryl/α,β-unsaturated/α-hetero) is 1. The Morgan fingerprint density at radius 2 is 2.18 bits per heavy atom. The first kappa shape index (κ1) is 11.9. The van der Waals surface area contributed by atoms with E-state index in [1.165, 1.54) is 0 Å². The van der Waals surface area contributed by atoms with E-state index in [2.05, 4.69) is 10.1 Å². The lowest BCUT2D eigenvalue weighted by Gasteiger charge is -2.01. The van der Waals surface area contributed by atoms with Gasteiger partial charge in [-0.05, 0) is 6.92 Å². The molecule has 0 aliphatic rings. The van der Waals surface area contributed by atoms with E-state index in [9.17, 15) is 4.79 Å². The maximum Gasteiger partial charge on any atom is 0.202 e. The number of hydrogen-bond acceptors (Lipinski definition) is 3. The van der Waals surface area contributed by atoms with Gasteiger partial charge in [0.15, 0.2) is 5.82 Å². The number of nitrogens with zero attached hydrogens (tertiary/aromatic N) is 4. The number of ketones is 1. The van der Waals surface area contributed by atoms with Gasteiger partial charge in [0.1, 0.15) is 5.15 Å². The largest absolute Gasteiger partial charge is 0.332 e. The zero-order chi connectivity index (χ0) is 12.6. The molecule has 0 aromatic carbocycles. The van der Waals surface area contributed by atoms with Gasteiger partial charge in [-0.15, -0.1) is 0 Å². The van der Waals surface area contributed by atoms with Gasteiger partial charge in [0.05, 0.1) is 5.69 Å². The Hall–Kier alpha value is -1.62. The maximum atomic E-state index is 12.0. The first-order chi connectivity index (χ1) is 8.00. The van der Waals surface area contributed by atoms with Crippen molar-refractivity contribution in [2.75, 3.05) is 0 Å². The lowest BCUT2D eigenvalue weighted by Crippen LogP contribution is -2.10. The first-order valence-electron chi connectivity index (χ1n) is 5.19. The van der Waals surface area contributed by atoms with Crippen LogP contribution in [0.25, 0.3) is 0 Å². The molecule has 2 heterocycles. The molecule has 0 aliphatic carbocycles. The van der Waals surface area contributed by atoms with Gasteiger partial charge < -0.3 is 4.57 Å². The van der Waals surface area contributed by atoms with Crippen molar-refractivity contribution in [2.24, 2.45) is 14.1 Å². The highest BCUT2D eigenvalue weighted by molar-refractivity contribution is 6.30. The topological polar surface area (TPSA) is 52.7 Å². The number of aryl methyl sites for hydroxylation is 3. The highest BCUT2D eigenvalue weighted by Gasteiger charge is 2.18. The highest BCUT2D eigenvalue weighted by atomic mass is 35.5. The van der Waals surface area contributed by atoms with E-state index in [4.69, 9.17) is 11.6 Å². The molecule has 0 amide bonds. The number of aromatic nitrogens is 4. The van der Waals surface area contributed by atoms with Crippen molar-refractivity contribution in [3.05, 3.63) is 34.6 Å². The standard InChI is InChI=1S/C11H13ClN4O/c1-7-8(10(12)16(3)14-7)6-9(17)11-13-4-5-15(11)2/h4-5H,6H2,1-3H3. The molecule has 2 rings (SSSR count). The second kappa shape index (κ2) is 4.33. The fourth-order valence-corrected chi connectivity index (χ4v) is 1.99. The number of rotatable bonds is 3. The third-order valence-corrected chi connectivity index (χ3v) is 3.15. The van der Waals surface area contributed by atoms with Crippen molar-refractivity contribution in [1.29, 1.82) is 0 Å². The summed E-state index contributed by atoms with van der Waals surface area (Å²) in [4.78, 5) is 16.1.